The van der Waals surface area contributed by atoms with Crippen molar-refractivity contribution in [3.63, 3.8) is 0 Å². The molecule has 2 heterocycles. The maximum atomic E-state index is 12.2. The van der Waals surface area contributed by atoms with Crippen LogP contribution in [0.2, 0.25) is 0 Å². The van der Waals surface area contributed by atoms with E-state index in [0.29, 0.717) is 11.5 Å². The molecule has 2 rings (SSSR count). The number of rotatable bonds is 6. The topological polar surface area (TPSA) is 71.1 Å². The van der Waals surface area contributed by atoms with Crippen LogP contribution < -0.4 is 10.0 Å². The Hall–Kier alpha value is -1.60. The van der Waals surface area contributed by atoms with Crippen molar-refractivity contribution in [1.82, 2.24) is 4.98 Å². The summed E-state index contributed by atoms with van der Waals surface area (Å²) in [6.45, 7) is 2.79. The third kappa shape index (κ3) is 3.68. The lowest BCUT2D eigenvalue weighted by atomic mass is 10.4. The molecule has 2 N–H and O–H groups in total. The summed E-state index contributed by atoms with van der Waals surface area (Å²) >= 11 is 1.44. The first kappa shape index (κ1) is 13.8. The third-order valence-electron chi connectivity index (χ3n) is 2.37. The van der Waals surface area contributed by atoms with E-state index in [1.165, 1.54) is 29.7 Å². The monoisotopic (exact) mass is 297 g/mol. The van der Waals surface area contributed by atoms with E-state index in [4.69, 9.17) is 0 Å². The van der Waals surface area contributed by atoms with Gasteiger partial charge in [-0.2, -0.15) is 11.3 Å². The summed E-state index contributed by atoms with van der Waals surface area (Å²) in [6.07, 6.45) is 2.44. The number of thiophene rings is 1. The van der Waals surface area contributed by atoms with Crippen molar-refractivity contribution in [3.05, 3.63) is 35.2 Å². The van der Waals surface area contributed by atoms with Gasteiger partial charge in [-0.1, -0.05) is 6.92 Å². The molecule has 0 amide bonds. The standard InChI is InChI=1S/C12H15N3O2S2/c1-2-5-13-12-8-11(3-6-14-12)19(16,17)15-10-4-7-18-9-10/h3-4,6-9,15H,2,5H2,1H3,(H,13,14). The lowest BCUT2D eigenvalue weighted by Gasteiger charge is -2.08. The predicted molar refractivity (Wildman–Crippen MR) is 78.1 cm³/mol. The maximum absolute atomic E-state index is 12.2. The minimum absolute atomic E-state index is 0.201. The van der Waals surface area contributed by atoms with Crippen LogP contribution in [0.15, 0.2) is 40.1 Å². The van der Waals surface area contributed by atoms with Crippen molar-refractivity contribution in [2.24, 2.45) is 0 Å². The molecule has 0 fully saturated rings. The maximum Gasteiger partial charge on any atom is 0.262 e. The average molecular weight is 297 g/mol. The van der Waals surface area contributed by atoms with Gasteiger partial charge in [0.15, 0.2) is 0 Å². The van der Waals surface area contributed by atoms with E-state index >= 15 is 0 Å². The van der Waals surface area contributed by atoms with E-state index < -0.39 is 10.0 Å². The number of nitrogens with zero attached hydrogens (tertiary/aromatic N) is 1. The second-order valence-corrected chi connectivity index (χ2v) is 6.38. The van der Waals surface area contributed by atoms with Crippen molar-refractivity contribution < 1.29 is 8.42 Å². The largest absolute Gasteiger partial charge is 0.370 e. The Labute approximate surface area is 116 Å². The van der Waals surface area contributed by atoms with Crippen LogP contribution in [-0.2, 0) is 10.0 Å². The Bertz CT molecular complexity index is 624. The van der Waals surface area contributed by atoms with Crippen LogP contribution in [0.4, 0.5) is 11.5 Å². The average Bonchev–Trinajstić information content (AvgIpc) is 2.89. The molecule has 0 saturated carbocycles. The molecule has 0 saturated heterocycles. The molecule has 0 spiro atoms. The summed E-state index contributed by atoms with van der Waals surface area (Å²) in [6, 6.07) is 4.73. The zero-order valence-corrected chi connectivity index (χ0v) is 12.1. The van der Waals surface area contributed by atoms with Gasteiger partial charge in [-0.25, -0.2) is 13.4 Å². The molecule has 0 unspecified atom stereocenters. The van der Waals surface area contributed by atoms with Crippen LogP contribution in [0.25, 0.3) is 0 Å². The molecule has 2 aromatic rings. The fraction of sp³-hybridized carbons (Fsp3) is 0.250. The number of nitrogens with one attached hydrogen (secondary N) is 2. The summed E-state index contributed by atoms with van der Waals surface area (Å²) in [5, 5.41) is 6.63. The first-order chi connectivity index (χ1) is 9.12. The summed E-state index contributed by atoms with van der Waals surface area (Å²) < 4.78 is 26.9. The molecular weight excluding hydrogens is 282 g/mol. The van der Waals surface area contributed by atoms with E-state index in [9.17, 15) is 8.42 Å². The van der Waals surface area contributed by atoms with Crippen molar-refractivity contribution in [1.29, 1.82) is 0 Å². The summed E-state index contributed by atoms with van der Waals surface area (Å²) in [5.74, 6) is 0.565. The number of pyridine rings is 1. The molecule has 0 radical (unpaired) electrons. The second-order valence-electron chi connectivity index (χ2n) is 3.92. The van der Waals surface area contributed by atoms with Crippen molar-refractivity contribution >= 4 is 32.9 Å². The highest BCUT2D eigenvalue weighted by molar-refractivity contribution is 7.92. The van der Waals surface area contributed by atoms with Crippen LogP contribution in [0.3, 0.4) is 0 Å². The fourth-order valence-corrected chi connectivity index (χ4v) is 3.19. The number of sulfonamides is 1. The highest BCUT2D eigenvalue weighted by Crippen LogP contribution is 2.19. The van der Waals surface area contributed by atoms with Gasteiger partial charge in [-0.15, -0.1) is 0 Å². The Morgan fingerprint density at radius 2 is 2.21 bits per heavy atom. The van der Waals surface area contributed by atoms with Gasteiger partial charge in [0.25, 0.3) is 10.0 Å². The molecule has 5 nitrogen and oxygen atoms in total. The Balaban J connectivity index is 2.20. The molecule has 0 aromatic carbocycles. The van der Waals surface area contributed by atoms with E-state index in [-0.39, 0.29) is 4.90 Å². The highest BCUT2D eigenvalue weighted by atomic mass is 32.2. The van der Waals surface area contributed by atoms with E-state index in [2.05, 4.69) is 15.0 Å². The summed E-state index contributed by atoms with van der Waals surface area (Å²) in [7, 11) is -3.55. The van der Waals surface area contributed by atoms with Gasteiger partial charge in [-0.05, 0) is 23.9 Å². The van der Waals surface area contributed by atoms with Crippen molar-refractivity contribution in [3.8, 4) is 0 Å². The molecule has 2 aromatic heterocycles. The lowest BCUT2D eigenvalue weighted by Crippen LogP contribution is -2.13. The number of hydrogen-bond donors (Lipinski definition) is 2. The highest BCUT2D eigenvalue weighted by Gasteiger charge is 2.15. The number of anilines is 2. The Morgan fingerprint density at radius 3 is 2.89 bits per heavy atom. The summed E-state index contributed by atoms with van der Waals surface area (Å²) in [4.78, 5) is 4.29. The van der Waals surface area contributed by atoms with Crippen molar-refractivity contribution in [2.75, 3.05) is 16.6 Å². The van der Waals surface area contributed by atoms with Gasteiger partial charge in [-0.3, -0.25) is 4.72 Å². The minimum atomic E-state index is -3.55. The smallest absolute Gasteiger partial charge is 0.262 e. The van der Waals surface area contributed by atoms with Crippen LogP contribution in [-0.4, -0.2) is 19.9 Å². The molecule has 0 aliphatic carbocycles. The molecule has 0 aliphatic rings. The predicted octanol–water partition coefficient (Wildman–Crippen LogP) is 2.77. The molecule has 7 heteroatoms. The second kappa shape index (κ2) is 6.03. The minimum Gasteiger partial charge on any atom is -0.370 e. The molecule has 0 bridgehead atoms. The van der Waals surface area contributed by atoms with Crippen LogP contribution in [0, 0.1) is 0 Å². The fourth-order valence-electron chi connectivity index (χ4n) is 1.46. The van der Waals surface area contributed by atoms with Gasteiger partial charge in [0.1, 0.15) is 5.82 Å². The van der Waals surface area contributed by atoms with Gasteiger partial charge >= 0.3 is 0 Å². The number of aromatic nitrogens is 1. The first-order valence-corrected chi connectivity index (χ1v) is 8.29. The first-order valence-electron chi connectivity index (χ1n) is 5.87. The van der Waals surface area contributed by atoms with Gasteiger partial charge in [0.05, 0.1) is 10.6 Å². The van der Waals surface area contributed by atoms with Crippen LogP contribution in [0.5, 0.6) is 0 Å². The molecule has 102 valence electrons. The van der Waals surface area contributed by atoms with Crippen LogP contribution in [0.1, 0.15) is 13.3 Å². The quantitative estimate of drug-likeness (QED) is 0.860. The van der Waals surface area contributed by atoms with Gasteiger partial charge < -0.3 is 5.32 Å². The van der Waals surface area contributed by atoms with Gasteiger partial charge in [0, 0.05) is 24.2 Å². The lowest BCUT2D eigenvalue weighted by molar-refractivity contribution is 0.601. The Kier molecular flexibility index (Phi) is 4.39. The van der Waals surface area contributed by atoms with Crippen LogP contribution >= 0.6 is 11.3 Å². The normalized spacial score (nSPS) is 11.2. The third-order valence-corrected chi connectivity index (χ3v) is 4.43. The van der Waals surface area contributed by atoms with Crippen molar-refractivity contribution in [2.45, 2.75) is 18.2 Å². The zero-order chi connectivity index (χ0) is 13.7. The molecule has 19 heavy (non-hydrogen) atoms. The van der Waals surface area contributed by atoms with E-state index in [1.54, 1.807) is 11.4 Å². The molecule has 0 aliphatic heterocycles. The van der Waals surface area contributed by atoms with Gasteiger partial charge in [0.2, 0.25) is 0 Å². The van der Waals surface area contributed by atoms with E-state index in [0.717, 1.165) is 13.0 Å². The van der Waals surface area contributed by atoms with E-state index in [1.807, 2.05) is 12.3 Å². The zero-order valence-electron chi connectivity index (χ0n) is 10.5. The SMILES string of the molecule is CCCNc1cc(S(=O)(=O)Nc2ccsc2)ccn1. The molecule has 0 atom stereocenters. The Morgan fingerprint density at radius 1 is 1.37 bits per heavy atom. The molecular formula is C12H15N3O2S2. The summed E-state index contributed by atoms with van der Waals surface area (Å²) in [5.41, 5.74) is 0.574. The number of hydrogen-bond acceptors (Lipinski definition) is 5.